The van der Waals surface area contributed by atoms with Gasteiger partial charge in [0.25, 0.3) is 5.91 Å². The van der Waals surface area contributed by atoms with Crippen LogP contribution in [0.4, 0.5) is 10.8 Å². The molecule has 0 unspecified atom stereocenters. The van der Waals surface area contributed by atoms with Crippen molar-refractivity contribution in [3.63, 3.8) is 0 Å². The van der Waals surface area contributed by atoms with Gasteiger partial charge >= 0.3 is 0 Å². The molecule has 1 aromatic heterocycles. The van der Waals surface area contributed by atoms with Crippen LogP contribution in [0.3, 0.4) is 0 Å². The molecule has 0 saturated carbocycles. The van der Waals surface area contributed by atoms with Crippen LogP contribution >= 0.6 is 11.3 Å². The third-order valence-electron chi connectivity index (χ3n) is 5.11. The van der Waals surface area contributed by atoms with Gasteiger partial charge in [-0.05, 0) is 55.0 Å². The zero-order valence-electron chi connectivity index (χ0n) is 19.7. The first-order valence-electron chi connectivity index (χ1n) is 11.0. The van der Waals surface area contributed by atoms with Crippen molar-refractivity contribution < 1.29 is 14.3 Å². The van der Waals surface area contributed by atoms with E-state index in [2.05, 4.69) is 20.8 Å². The van der Waals surface area contributed by atoms with Gasteiger partial charge in [-0.1, -0.05) is 29.8 Å². The standard InChI is InChI=1S/C27H23N5O3S/c1-18-3-10-22(11-4-18)30-27-31-23(17-36-27)20-6-8-21(9-7-20)26(33)32-29-16-19-5-12-24(35-14-13-28)25(15-19)34-2/h3-12,15-17H,14H2,1-2H3,(H,30,31)(H,32,33)/b29-16-. The summed E-state index contributed by atoms with van der Waals surface area (Å²) in [6.07, 6.45) is 1.50. The average molecular weight is 498 g/mol. The van der Waals surface area contributed by atoms with Crippen LogP contribution in [0, 0.1) is 18.3 Å². The fourth-order valence-electron chi connectivity index (χ4n) is 3.24. The zero-order valence-corrected chi connectivity index (χ0v) is 20.5. The maximum Gasteiger partial charge on any atom is 0.271 e. The summed E-state index contributed by atoms with van der Waals surface area (Å²) in [7, 11) is 1.51. The molecular formula is C27H23N5O3S. The summed E-state index contributed by atoms with van der Waals surface area (Å²) >= 11 is 1.52. The predicted molar refractivity (Wildman–Crippen MR) is 141 cm³/mol. The van der Waals surface area contributed by atoms with E-state index in [9.17, 15) is 4.79 Å². The van der Waals surface area contributed by atoms with E-state index < -0.39 is 0 Å². The molecule has 1 heterocycles. The molecule has 0 aliphatic carbocycles. The number of rotatable bonds is 9. The molecule has 0 bridgehead atoms. The maximum atomic E-state index is 12.5. The molecular weight excluding hydrogens is 474 g/mol. The summed E-state index contributed by atoms with van der Waals surface area (Å²) in [6, 6.07) is 22.3. The lowest BCUT2D eigenvalue weighted by molar-refractivity contribution is 0.0955. The van der Waals surface area contributed by atoms with E-state index in [1.165, 1.54) is 30.2 Å². The van der Waals surface area contributed by atoms with Gasteiger partial charge in [0.15, 0.2) is 23.2 Å². The Labute approximate surface area is 212 Å². The highest BCUT2D eigenvalue weighted by atomic mass is 32.1. The normalized spacial score (nSPS) is 10.6. The molecule has 0 fully saturated rings. The van der Waals surface area contributed by atoms with Gasteiger partial charge in [-0.2, -0.15) is 10.4 Å². The monoisotopic (exact) mass is 497 g/mol. The van der Waals surface area contributed by atoms with Crippen LogP contribution in [-0.2, 0) is 0 Å². The number of ether oxygens (including phenoxy) is 2. The third-order valence-corrected chi connectivity index (χ3v) is 5.87. The van der Waals surface area contributed by atoms with Crippen LogP contribution in [0.1, 0.15) is 21.5 Å². The minimum absolute atomic E-state index is 0.0768. The molecule has 0 radical (unpaired) electrons. The fraction of sp³-hybridized carbons (Fsp3) is 0.111. The summed E-state index contributed by atoms with van der Waals surface area (Å²) in [5.41, 5.74) is 7.62. The fourth-order valence-corrected chi connectivity index (χ4v) is 3.98. The Morgan fingerprint density at radius 1 is 1.11 bits per heavy atom. The number of amides is 1. The smallest absolute Gasteiger partial charge is 0.271 e. The maximum absolute atomic E-state index is 12.5. The lowest BCUT2D eigenvalue weighted by Gasteiger charge is -2.08. The van der Waals surface area contributed by atoms with Crippen LogP contribution in [-0.4, -0.2) is 30.8 Å². The number of aryl methyl sites for hydroxylation is 1. The first-order valence-corrected chi connectivity index (χ1v) is 11.8. The number of nitriles is 1. The Morgan fingerprint density at radius 2 is 1.89 bits per heavy atom. The Morgan fingerprint density at radius 3 is 2.61 bits per heavy atom. The van der Waals surface area contributed by atoms with E-state index in [-0.39, 0.29) is 12.5 Å². The van der Waals surface area contributed by atoms with Gasteiger partial charge in [-0.25, -0.2) is 10.4 Å². The highest BCUT2D eigenvalue weighted by molar-refractivity contribution is 7.14. The zero-order chi connectivity index (χ0) is 25.3. The van der Waals surface area contributed by atoms with E-state index in [4.69, 9.17) is 14.7 Å². The third kappa shape index (κ3) is 6.25. The summed E-state index contributed by atoms with van der Waals surface area (Å²) < 4.78 is 10.6. The molecule has 180 valence electrons. The molecule has 0 spiro atoms. The molecule has 8 nitrogen and oxygen atoms in total. The van der Waals surface area contributed by atoms with E-state index in [1.807, 2.05) is 54.8 Å². The molecule has 1 amide bonds. The number of nitrogens with one attached hydrogen (secondary N) is 2. The van der Waals surface area contributed by atoms with Crippen molar-refractivity contribution >= 4 is 34.3 Å². The Balaban J connectivity index is 1.35. The topological polar surface area (TPSA) is 109 Å². The number of methoxy groups -OCH3 is 1. The van der Waals surface area contributed by atoms with Crippen LogP contribution in [0.15, 0.2) is 77.2 Å². The van der Waals surface area contributed by atoms with Crippen LogP contribution in [0.2, 0.25) is 0 Å². The Bertz CT molecular complexity index is 1410. The van der Waals surface area contributed by atoms with Crippen molar-refractivity contribution in [1.29, 1.82) is 5.26 Å². The first kappa shape index (κ1) is 24.4. The van der Waals surface area contributed by atoms with E-state index >= 15 is 0 Å². The minimum Gasteiger partial charge on any atom is -0.493 e. The van der Waals surface area contributed by atoms with Crippen LogP contribution in [0.25, 0.3) is 11.3 Å². The number of hydrogen-bond acceptors (Lipinski definition) is 8. The molecule has 0 saturated heterocycles. The van der Waals surface area contributed by atoms with Crippen LogP contribution < -0.4 is 20.2 Å². The van der Waals surface area contributed by atoms with Gasteiger partial charge in [0.05, 0.1) is 19.0 Å². The van der Waals surface area contributed by atoms with Gasteiger partial charge in [0.1, 0.15) is 6.07 Å². The second-order valence-electron chi connectivity index (χ2n) is 7.66. The van der Waals surface area contributed by atoms with Crippen molar-refractivity contribution in [3.05, 3.63) is 88.8 Å². The van der Waals surface area contributed by atoms with Gasteiger partial charge in [-0.3, -0.25) is 4.79 Å². The van der Waals surface area contributed by atoms with Crippen molar-refractivity contribution in [2.75, 3.05) is 19.0 Å². The number of hydrazone groups is 1. The predicted octanol–water partition coefficient (Wildman–Crippen LogP) is 5.54. The number of anilines is 2. The van der Waals surface area contributed by atoms with Gasteiger partial charge in [0, 0.05) is 22.2 Å². The van der Waals surface area contributed by atoms with E-state index in [0.717, 1.165) is 22.1 Å². The summed E-state index contributed by atoms with van der Waals surface area (Å²) in [5, 5.41) is 18.8. The number of hydrogen-bond donors (Lipinski definition) is 2. The van der Waals surface area contributed by atoms with Gasteiger partial charge in [0.2, 0.25) is 0 Å². The second-order valence-corrected chi connectivity index (χ2v) is 8.52. The lowest BCUT2D eigenvalue weighted by atomic mass is 10.1. The molecule has 0 aliphatic heterocycles. The molecule has 4 aromatic rings. The SMILES string of the molecule is COc1cc(/C=N\NC(=O)c2ccc(-c3csc(Nc4ccc(C)cc4)n3)cc2)ccc1OCC#N. The highest BCUT2D eigenvalue weighted by Gasteiger charge is 2.09. The minimum atomic E-state index is -0.334. The Hall–Kier alpha value is -4.68. The quantitative estimate of drug-likeness (QED) is 0.232. The molecule has 0 atom stereocenters. The van der Waals surface area contributed by atoms with E-state index in [0.29, 0.717) is 22.6 Å². The van der Waals surface area contributed by atoms with Crippen molar-refractivity contribution in [3.8, 4) is 28.8 Å². The number of carbonyl (C=O) groups is 1. The van der Waals surface area contributed by atoms with Gasteiger partial charge < -0.3 is 14.8 Å². The van der Waals surface area contributed by atoms with Gasteiger partial charge in [-0.15, -0.1) is 11.3 Å². The number of nitrogens with zero attached hydrogens (tertiary/aromatic N) is 3. The van der Waals surface area contributed by atoms with Crippen molar-refractivity contribution in [2.45, 2.75) is 6.92 Å². The largest absolute Gasteiger partial charge is 0.493 e. The van der Waals surface area contributed by atoms with Crippen molar-refractivity contribution in [2.24, 2.45) is 5.10 Å². The highest BCUT2D eigenvalue weighted by Crippen LogP contribution is 2.28. The van der Waals surface area contributed by atoms with Crippen LogP contribution in [0.5, 0.6) is 11.5 Å². The first-order chi connectivity index (χ1) is 17.6. The second kappa shape index (κ2) is 11.6. The number of carbonyl (C=O) groups excluding carboxylic acids is 1. The lowest BCUT2D eigenvalue weighted by Crippen LogP contribution is -2.17. The molecule has 2 N–H and O–H groups in total. The number of aromatic nitrogens is 1. The summed E-state index contributed by atoms with van der Waals surface area (Å²) in [6.45, 7) is 1.97. The number of thiazole rings is 1. The van der Waals surface area contributed by atoms with E-state index in [1.54, 1.807) is 30.3 Å². The summed E-state index contributed by atoms with van der Waals surface area (Å²) in [4.78, 5) is 17.1. The average Bonchev–Trinajstić information content (AvgIpc) is 3.37. The molecule has 9 heteroatoms. The molecule has 0 aliphatic rings. The Kier molecular flexibility index (Phi) is 7.90. The molecule has 36 heavy (non-hydrogen) atoms. The molecule has 4 rings (SSSR count). The number of benzene rings is 3. The van der Waals surface area contributed by atoms with Crippen molar-refractivity contribution in [1.82, 2.24) is 10.4 Å². The molecule has 3 aromatic carbocycles. The summed E-state index contributed by atoms with van der Waals surface area (Å²) in [5.74, 6) is 0.590.